The second-order valence-electron chi connectivity index (χ2n) is 7.88. The Labute approximate surface area is 185 Å². The standard InChI is InChI=1S/C25H25FN4O2/c1-4-18-7-11-21(12-8-18)28-23(31)15-30-25(32)24-17(3)29(16(2)22(24)13-27-30)14-19-5-9-20(26)10-6-19/h5-13H,4,14-15H2,1-3H3,(H,28,31). The molecule has 0 spiro atoms. The van der Waals surface area contributed by atoms with Gasteiger partial charge in [-0.05, 0) is 55.7 Å². The lowest BCUT2D eigenvalue weighted by molar-refractivity contribution is -0.117. The molecule has 2 heterocycles. The largest absolute Gasteiger partial charge is 0.343 e. The van der Waals surface area contributed by atoms with Gasteiger partial charge in [0, 0.05) is 29.0 Å². The van der Waals surface area contributed by atoms with Crippen molar-refractivity contribution in [2.24, 2.45) is 0 Å². The van der Waals surface area contributed by atoms with Crippen molar-refractivity contribution in [2.75, 3.05) is 5.32 Å². The van der Waals surface area contributed by atoms with Crippen LogP contribution in [0, 0.1) is 19.7 Å². The molecule has 1 N–H and O–H groups in total. The summed E-state index contributed by atoms with van der Waals surface area (Å²) in [5, 5.41) is 8.33. The van der Waals surface area contributed by atoms with Crippen LogP contribution in [0.1, 0.15) is 29.4 Å². The first-order chi connectivity index (χ1) is 15.4. The van der Waals surface area contributed by atoms with Gasteiger partial charge in [-0.25, -0.2) is 9.07 Å². The normalized spacial score (nSPS) is 11.1. The quantitative estimate of drug-likeness (QED) is 0.496. The average molecular weight is 432 g/mol. The van der Waals surface area contributed by atoms with E-state index in [0.717, 1.165) is 28.8 Å². The van der Waals surface area contributed by atoms with Gasteiger partial charge in [0.1, 0.15) is 12.4 Å². The molecule has 0 bridgehead atoms. The molecular formula is C25H25FN4O2. The molecular weight excluding hydrogens is 407 g/mol. The van der Waals surface area contributed by atoms with Crippen LogP contribution in [0.25, 0.3) is 10.8 Å². The number of halogens is 1. The summed E-state index contributed by atoms with van der Waals surface area (Å²) in [6.07, 6.45) is 2.55. The van der Waals surface area contributed by atoms with Crippen LogP contribution < -0.4 is 10.9 Å². The van der Waals surface area contributed by atoms with Gasteiger partial charge in [0.15, 0.2) is 0 Å². The topological polar surface area (TPSA) is 68.9 Å². The third-order valence-corrected chi connectivity index (χ3v) is 5.80. The van der Waals surface area contributed by atoms with E-state index in [0.29, 0.717) is 17.6 Å². The first kappa shape index (κ1) is 21.5. The number of hydrogen-bond donors (Lipinski definition) is 1. The number of fused-ring (bicyclic) bond motifs is 1. The molecule has 0 aliphatic heterocycles. The monoisotopic (exact) mass is 432 g/mol. The van der Waals surface area contributed by atoms with Crippen LogP contribution in [0.4, 0.5) is 10.1 Å². The molecule has 0 radical (unpaired) electrons. The van der Waals surface area contributed by atoms with Crippen molar-refractivity contribution in [1.82, 2.24) is 14.3 Å². The zero-order valence-corrected chi connectivity index (χ0v) is 18.4. The van der Waals surface area contributed by atoms with Crippen molar-refractivity contribution in [1.29, 1.82) is 0 Å². The molecule has 0 saturated heterocycles. The molecule has 0 atom stereocenters. The molecule has 0 saturated carbocycles. The third-order valence-electron chi connectivity index (χ3n) is 5.80. The zero-order chi connectivity index (χ0) is 22.8. The van der Waals surface area contributed by atoms with Crippen molar-refractivity contribution >= 4 is 22.4 Å². The summed E-state index contributed by atoms with van der Waals surface area (Å²) in [6, 6.07) is 13.9. The molecule has 1 amide bonds. The van der Waals surface area contributed by atoms with Gasteiger partial charge in [0.05, 0.1) is 11.6 Å². The molecule has 0 aliphatic rings. The highest BCUT2D eigenvalue weighted by molar-refractivity contribution is 5.91. The summed E-state index contributed by atoms with van der Waals surface area (Å²) in [7, 11) is 0. The lowest BCUT2D eigenvalue weighted by Gasteiger charge is -2.09. The zero-order valence-electron chi connectivity index (χ0n) is 18.4. The SMILES string of the molecule is CCc1ccc(NC(=O)Cn2ncc3c(C)n(Cc4ccc(F)cc4)c(C)c3c2=O)cc1. The lowest BCUT2D eigenvalue weighted by Crippen LogP contribution is -2.29. The second-order valence-corrected chi connectivity index (χ2v) is 7.88. The van der Waals surface area contributed by atoms with Crippen molar-refractivity contribution in [2.45, 2.75) is 40.3 Å². The molecule has 164 valence electrons. The third kappa shape index (κ3) is 4.19. The van der Waals surface area contributed by atoms with Gasteiger partial charge in [0.25, 0.3) is 5.56 Å². The van der Waals surface area contributed by atoms with Gasteiger partial charge < -0.3 is 9.88 Å². The maximum atomic E-state index is 13.2. The maximum Gasteiger partial charge on any atom is 0.276 e. The average Bonchev–Trinajstić information content (AvgIpc) is 3.02. The van der Waals surface area contributed by atoms with E-state index in [2.05, 4.69) is 17.3 Å². The van der Waals surface area contributed by atoms with Crippen LogP contribution in [0.5, 0.6) is 0 Å². The summed E-state index contributed by atoms with van der Waals surface area (Å²) in [4.78, 5) is 25.6. The summed E-state index contributed by atoms with van der Waals surface area (Å²) >= 11 is 0. The number of amides is 1. The predicted molar refractivity (Wildman–Crippen MR) is 123 cm³/mol. The summed E-state index contributed by atoms with van der Waals surface area (Å²) in [5.41, 5.74) is 4.18. The first-order valence-electron chi connectivity index (χ1n) is 10.6. The highest BCUT2D eigenvalue weighted by Crippen LogP contribution is 2.23. The number of anilines is 1. The summed E-state index contributed by atoms with van der Waals surface area (Å²) < 4.78 is 16.4. The van der Waals surface area contributed by atoms with Crippen LogP contribution >= 0.6 is 0 Å². The fraction of sp³-hybridized carbons (Fsp3) is 0.240. The second kappa shape index (κ2) is 8.78. The van der Waals surface area contributed by atoms with Crippen molar-refractivity contribution < 1.29 is 9.18 Å². The number of benzene rings is 2. The number of nitrogens with zero attached hydrogens (tertiary/aromatic N) is 3. The van der Waals surface area contributed by atoms with Gasteiger partial charge in [-0.1, -0.05) is 31.2 Å². The Morgan fingerprint density at radius 2 is 1.66 bits per heavy atom. The van der Waals surface area contributed by atoms with Gasteiger partial charge in [-0.2, -0.15) is 5.10 Å². The Balaban J connectivity index is 1.60. The first-order valence-corrected chi connectivity index (χ1v) is 10.6. The van der Waals surface area contributed by atoms with E-state index in [9.17, 15) is 14.0 Å². The van der Waals surface area contributed by atoms with E-state index in [4.69, 9.17) is 0 Å². The van der Waals surface area contributed by atoms with Gasteiger partial charge in [-0.3, -0.25) is 9.59 Å². The van der Waals surface area contributed by atoms with Crippen LogP contribution in [-0.4, -0.2) is 20.3 Å². The van der Waals surface area contributed by atoms with Crippen molar-refractivity contribution in [3.05, 3.63) is 93.4 Å². The Bertz CT molecular complexity index is 1340. The maximum absolute atomic E-state index is 13.2. The number of aryl methyl sites for hydroxylation is 3. The molecule has 7 heteroatoms. The number of hydrogen-bond acceptors (Lipinski definition) is 3. The smallest absolute Gasteiger partial charge is 0.276 e. The molecule has 6 nitrogen and oxygen atoms in total. The minimum atomic E-state index is -0.316. The Kier molecular flexibility index (Phi) is 5.90. The predicted octanol–water partition coefficient (Wildman–Crippen LogP) is 4.20. The molecule has 32 heavy (non-hydrogen) atoms. The molecule has 4 rings (SSSR count). The fourth-order valence-electron chi connectivity index (χ4n) is 3.93. The van der Waals surface area contributed by atoms with Crippen molar-refractivity contribution in [3.8, 4) is 0 Å². The molecule has 2 aromatic carbocycles. The van der Waals surface area contributed by atoms with E-state index in [-0.39, 0.29) is 23.8 Å². The Hall–Kier alpha value is -3.74. The van der Waals surface area contributed by atoms with Crippen LogP contribution in [0.2, 0.25) is 0 Å². The van der Waals surface area contributed by atoms with Gasteiger partial charge in [-0.15, -0.1) is 0 Å². The number of aromatic nitrogens is 3. The number of nitrogens with one attached hydrogen (secondary N) is 1. The van der Waals surface area contributed by atoms with E-state index in [1.807, 2.05) is 42.7 Å². The molecule has 0 aliphatic carbocycles. The van der Waals surface area contributed by atoms with E-state index in [1.165, 1.54) is 22.4 Å². The van der Waals surface area contributed by atoms with E-state index in [1.54, 1.807) is 18.3 Å². The van der Waals surface area contributed by atoms with Gasteiger partial charge >= 0.3 is 0 Å². The molecule has 0 fully saturated rings. The van der Waals surface area contributed by atoms with Crippen LogP contribution in [-0.2, 0) is 24.3 Å². The lowest BCUT2D eigenvalue weighted by atomic mass is 10.1. The summed E-state index contributed by atoms with van der Waals surface area (Å²) in [5.74, 6) is -0.602. The van der Waals surface area contributed by atoms with Crippen LogP contribution in [0.3, 0.4) is 0 Å². The van der Waals surface area contributed by atoms with E-state index < -0.39 is 0 Å². The van der Waals surface area contributed by atoms with E-state index >= 15 is 0 Å². The Morgan fingerprint density at radius 1 is 1.00 bits per heavy atom. The van der Waals surface area contributed by atoms with Crippen molar-refractivity contribution in [3.63, 3.8) is 0 Å². The van der Waals surface area contributed by atoms with Crippen LogP contribution in [0.15, 0.2) is 59.5 Å². The van der Waals surface area contributed by atoms with Gasteiger partial charge in [0.2, 0.25) is 5.91 Å². The highest BCUT2D eigenvalue weighted by atomic mass is 19.1. The number of carbonyl (C=O) groups excluding carboxylic acids is 1. The number of carbonyl (C=O) groups is 1. The highest BCUT2D eigenvalue weighted by Gasteiger charge is 2.17. The fourth-order valence-corrected chi connectivity index (χ4v) is 3.93. The molecule has 0 unspecified atom stereocenters. The molecule has 2 aromatic heterocycles. The number of rotatable bonds is 6. The summed E-state index contributed by atoms with van der Waals surface area (Å²) in [6.45, 7) is 6.21. The minimum absolute atomic E-state index is 0.175. The molecule has 4 aromatic rings. The minimum Gasteiger partial charge on any atom is -0.343 e. The Morgan fingerprint density at radius 3 is 2.31 bits per heavy atom.